The molecule has 0 saturated carbocycles. The molecule has 2 unspecified atom stereocenters. The number of nitrogens with one attached hydrogen (secondary N) is 1. The smallest absolute Gasteiger partial charge is 0.223 e. The van der Waals surface area contributed by atoms with Crippen molar-refractivity contribution >= 4 is 5.91 Å². The van der Waals surface area contributed by atoms with E-state index in [1.54, 1.807) is 19.1 Å². The molecule has 0 radical (unpaired) electrons. The number of carbonyl (C=O) groups is 1. The highest BCUT2D eigenvalue weighted by atomic mass is 16.5. The van der Waals surface area contributed by atoms with Gasteiger partial charge in [0, 0.05) is 6.92 Å². The summed E-state index contributed by atoms with van der Waals surface area (Å²) in [5.41, 5.74) is 0.719. The van der Waals surface area contributed by atoms with E-state index in [1.165, 1.54) is 0 Å². The van der Waals surface area contributed by atoms with Crippen LogP contribution in [0.5, 0.6) is 0 Å². The number of benzene rings is 1. The molecule has 1 amide bonds. The fraction of sp³-hybridized carbons (Fsp3) is 0.400. The molecule has 6 heteroatoms. The van der Waals surface area contributed by atoms with Crippen molar-refractivity contribution in [3.8, 4) is 0 Å². The molecule has 0 aliphatic rings. The summed E-state index contributed by atoms with van der Waals surface area (Å²) in [7, 11) is 0. The Kier molecular flexibility index (Phi) is 5.05. The van der Waals surface area contributed by atoms with E-state index in [1.807, 2.05) is 25.1 Å². The highest BCUT2D eigenvalue weighted by Crippen LogP contribution is 2.18. The van der Waals surface area contributed by atoms with Crippen LogP contribution in [0.25, 0.3) is 0 Å². The van der Waals surface area contributed by atoms with Gasteiger partial charge in [-0.1, -0.05) is 42.4 Å². The zero-order valence-corrected chi connectivity index (χ0v) is 12.1. The van der Waals surface area contributed by atoms with Gasteiger partial charge in [0.2, 0.25) is 11.8 Å². The lowest BCUT2D eigenvalue weighted by molar-refractivity contribution is -0.123. The van der Waals surface area contributed by atoms with Crippen LogP contribution in [0.4, 0.5) is 0 Å². The maximum atomic E-state index is 12.0. The summed E-state index contributed by atoms with van der Waals surface area (Å²) in [6.45, 7) is 3.62. The summed E-state index contributed by atoms with van der Waals surface area (Å²) in [6, 6.07) is 8.79. The van der Waals surface area contributed by atoms with Gasteiger partial charge in [0.05, 0.1) is 18.6 Å². The first-order valence-electron chi connectivity index (χ1n) is 6.92. The molecule has 21 heavy (non-hydrogen) atoms. The molecule has 0 aliphatic heterocycles. The van der Waals surface area contributed by atoms with E-state index in [-0.39, 0.29) is 18.4 Å². The number of hydrogen-bond donors (Lipinski definition) is 2. The van der Waals surface area contributed by atoms with Gasteiger partial charge in [0.15, 0.2) is 5.82 Å². The van der Waals surface area contributed by atoms with Gasteiger partial charge in [0.25, 0.3) is 0 Å². The van der Waals surface area contributed by atoms with E-state index < -0.39 is 6.10 Å². The lowest BCUT2D eigenvalue weighted by Gasteiger charge is -2.15. The maximum absolute atomic E-state index is 12.0. The lowest BCUT2D eigenvalue weighted by atomic mass is 10.1. The topological polar surface area (TPSA) is 88.2 Å². The monoisotopic (exact) mass is 289 g/mol. The first-order valence-corrected chi connectivity index (χ1v) is 6.92. The van der Waals surface area contributed by atoms with Crippen molar-refractivity contribution in [1.82, 2.24) is 15.5 Å². The number of amides is 1. The second kappa shape index (κ2) is 6.99. The van der Waals surface area contributed by atoms with Crippen molar-refractivity contribution in [3.63, 3.8) is 0 Å². The normalized spacial score (nSPS) is 13.7. The predicted molar refractivity (Wildman–Crippen MR) is 76.2 cm³/mol. The Morgan fingerprint density at radius 3 is 2.67 bits per heavy atom. The second-order valence-electron chi connectivity index (χ2n) is 4.83. The number of aliphatic hydroxyl groups is 1. The summed E-state index contributed by atoms with van der Waals surface area (Å²) in [5.74, 6) is 0.667. The first kappa shape index (κ1) is 15.2. The molecule has 2 rings (SSSR count). The molecule has 1 aromatic heterocycles. The zero-order chi connectivity index (χ0) is 15.2. The van der Waals surface area contributed by atoms with E-state index >= 15 is 0 Å². The molecule has 2 atom stereocenters. The maximum Gasteiger partial charge on any atom is 0.223 e. The lowest BCUT2D eigenvalue weighted by Crippen LogP contribution is -2.30. The summed E-state index contributed by atoms with van der Waals surface area (Å²) in [6.07, 6.45) is -0.181. The number of aryl methyl sites for hydroxylation is 1. The van der Waals surface area contributed by atoms with Crippen LogP contribution in [-0.2, 0) is 4.79 Å². The van der Waals surface area contributed by atoms with Crippen LogP contribution in [0.3, 0.4) is 0 Å². The number of hydrogen-bond acceptors (Lipinski definition) is 5. The molecule has 6 nitrogen and oxygen atoms in total. The minimum Gasteiger partial charge on any atom is -0.388 e. The van der Waals surface area contributed by atoms with Gasteiger partial charge in [-0.25, -0.2) is 0 Å². The van der Waals surface area contributed by atoms with Crippen LogP contribution in [0.15, 0.2) is 34.9 Å². The Morgan fingerprint density at radius 1 is 1.38 bits per heavy atom. The van der Waals surface area contributed by atoms with Crippen LogP contribution in [-0.4, -0.2) is 21.2 Å². The third-order valence-corrected chi connectivity index (χ3v) is 3.16. The second-order valence-corrected chi connectivity index (χ2v) is 4.83. The summed E-state index contributed by atoms with van der Waals surface area (Å²) in [5, 5.41) is 16.7. The Balaban J connectivity index is 1.94. The van der Waals surface area contributed by atoms with Crippen LogP contribution < -0.4 is 5.32 Å². The highest BCUT2D eigenvalue weighted by Gasteiger charge is 2.20. The third-order valence-electron chi connectivity index (χ3n) is 3.16. The largest absolute Gasteiger partial charge is 0.388 e. The summed E-state index contributed by atoms with van der Waals surface area (Å²) in [4.78, 5) is 16.1. The molecule has 2 aromatic rings. The Labute approximate surface area is 123 Å². The predicted octanol–water partition coefficient (Wildman–Crippen LogP) is 2.07. The Morgan fingerprint density at radius 2 is 2.10 bits per heavy atom. The summed E-state index contributed by atoms with van der Waals surface area (Å²) < 4.78 is 4.92. The van der Waals surface area contributed by atoms with Gasteiger partial charge in [-0.15, -0.1) is 0 Å². The van der Waals surface area contributed by atoms with E-state index in [9.17, 15) is 9.90 Å². The van der Waals surface area contributed by atoms with E-state index in [0.717, 1.165) is 5.56 Å². The van der Waals surface area contributed by atoms with Crippen molar-refractivity contribution in [2.45, 2.75) is 38.8 Å². The average Bonchev–Trinajstić information content (AvgIpc) is 2.92. The Bertz CT molecular complexity index is 583. The number of carbonyl (C=O) groups excluding carboxylic acids is 1. The van der Waals surface area contributed by atoms with Crippen molar-refractivity contribution < 1.29 is 14.4 Å². The van der Waals surface area contributed by atoms with Crippen LogP contribution in [0.2, 0.25) is 0 Å². The van der Waals surface area contributed by atoms with Crippen molar-refractivity contribution in [3.05, 3.63) is 47.6 Å². The van der Waals surface area contributed by atoms with Crippen LogP contribution in [0, 0.1) is 6.92 Å². The third kappa shape index (κ3) is 4.13. The fourth-order valence-electron chi connectivity index (χ4n) is 2.03. The van der Waals surface area contributed by atoms with Gasteiger partial charge >= 0.3 is 0 Å². The van der Waals surface area contributed by atoms with Gasteiger partial charge in [-0.05, 0) is 12.0 Å². The van der Waals surface area contributed by atoms with E-state index in [4.69, 9.17) is 4.52 Å². The minimum atomic E-state index is -0.823. The van der Waals surface area contributed by atoms with Crippen molar-refractivity contribution in [2.24, 2.45) is 0 Å². The molecule has 0 fully saturated rings. The number of nitrogens with zero attached hydrogens (tertiary/aromatic N) is 2. The number of aromatic nitrogens is 2. The van der Waals surface area contributed by atoms with Gasteiger partial charge in [-0.3, -0.25) is 4.79 Å². The molecule has 1 aromatic carbocycles. The number of rotatable bonds is 6. The molecule has 1 heterocycles. The molecule has 0 saturated heterocycles. The standard InChI is InChI=1S/C15H19N3O3/c1-3-12(15-16-10(2)21-18-15)17-14(20)9-13(19)11-7-5-4-6-8-11/h4-8,12-13,19H,3,9H2,1-2H3,(H,17,20). The Hall–Kier alpha value is -2.21. The van der Waals surface area contributed by atoms with Crippen LogP contribution in [0.1, 0.15) is 49.2 Å². The molecule has 0 aliphatic carbocycles. The van der Waals surface area contributed by atoms with Gasteiger partial charge < -0.3 is 14.9 Å². The van der Waals surface area contributed by atoms with E-state index in [0.29, 0.717) is 18.1 Å². The number of aliphatic hydroxyl groups excluding tert-OH is 1. The molecule has 112 valence electrons. The van der Waals surface area contributed by atoms with E-state index in [2.05, 4.69) is 15.5 Å². The van der Waals surface area contributed by atoms with Crippen molar-refractivity contribution in [1.29, 1.82) is 0 Å². The molecular formula is C15H19N3O3. The molecule has 0 bridgehead atoms. The SMILES string of the molecule is CCC(NC(=O)CC(O)c1ccccc1)c1noc(C)n1. The van der Waals surface area contributed by atoms with Crippen molar-refractivity contribution in [2.75, 3.05) is 0 Å². The van der Waals surface area contributed by atoms with Gasteiger partial charge in [-0.2, -0.15) is 4.98 Å². The van der Waals surface area contributed by atoms with Gasteiger partial charge in [0.1, 0.15) is 0 Å². The fourth-order valence-corrected chi connectivity index (χ4v) is 2.03. The zero-order valence-electron chi connectivity index (χ0n) is 12.1. The quantitative estimate of drug-likeness (QED) is 0.850. The first-order chi connectivity index (χ1) is 10.1. The highest BCUT2D eigenvalue weighted by molar-refractivity contribution is 5.77. The molecular weight excluding hydrogens is 270 g/mol. The minimum absolute atomic E-state index is 0.00263. The average molecular weight is 289 g/mol. The molecule has 2 N–H and O–H groups in total. The molecule has 0 spiro atoms. The van der Waals surface area contributed by atoms with Crippen LogP contribution >= 0.6 is 0 Å². The summed E-state index contributed by atoms with van der Waals surface area (Å²) >= 11 is 0.